The second-order valence-electron chi connectivity index (χ2n) is 4.54. The molecular weight excluding hydrogens is 306 g/mol. The molecule has 3 rings (SSSR count). The molecule has 0 fully saturated rings. The summed E-state index contributed by atoms with van der Waals surface area (Å²) in [6, 6.07) is 7.49. The summed E-state index contributed by atoms with van der Waals surface area (Å²) >= 11 is 6.15. The molecule has 0 atom stereocenters. The second-order valence-corrected chi connectivity index (χ2v) is 4.95. The molecule has 0 bridgehead atoms. The van der Waals surface area contributed by atoms with Crippen molar-refractivity contribution in [1.29, 1.82) is 0 Å². The summed E-state index contributed by atoms with van der Waals surface area (Å²) in [7, 11) is 0. The van der Waals surface area contributed by atoms with Gasteiger partial charge in [0.05, 0.1) is 6.54 Å². The number of aromatic nitrogens is 5. The molecule has 8 nitrogen and oxygen atoms in total. The minimum atomic E-state index is -0.241. The number of nitrogens with one attached hydrogen (secondary N) is 2. The number of anilines is 1. The van der Waals surface area contributed by atoms with E-state index in [9.17, 15) is 4.79 Å². The zero-order chi connectivity index (χ0) is 15.5. The molecule has 22 heavy (non-hydrogen) atoms. The minimum Gasteiger partial charge on any atom is -0.280 e. The molecule has 0 radical (unpaired) electrons. The van der Waals surface area contributed by atoms with Crippen LogP contribution in [-0.2, 0) is 11.3 Å². The number of hydrogen-bond acceptors (Lipinski definition) is 6. The third-order valence-electron chi connectivity index (χ3n) is 2.94. The molecule has 2 heterocycles. The number of carbonyl (C=O) groups excluding carboxylic acids is 1. The molecule has 112 valence electrons. The van der Waals surface area contributed by atoms with E-state index in [-0.39, 0.29) is 5.91 Å². The Bertz CT molecular complexity index is 832. The fourth-order valence-corrected chi connectivity index (χ4v) is 2.12. The number of hydrogen-bond donors (Lipinski definition) is 2. The van der Waals surface area contributed by atoms with E-state index < -0.39 is 0 Å². The van der Waals surface area contributed by atoms with Crippen LogP contribution in [0.3, 0.4) is 0 Å². The molecule has 0 saturated carbocycles. The summed E-state index contributed by atoms with van der Waals surface area (Å²) in [5.41, 5.74) is 7.04. The second kappa shape index (κ2) is 5.94. The number of halogens is 1. The molecule has 0 saturated heterocycles. The van der Waals surface area contributed by atoms with Crippen LogP contribution < -0.4 is 10.9 Å². The zero-order valence-electron chi connectivity index (χ0n) is 11.6. The normalized spacial score (nSPS) is 10.6. The molecule has 2 N–H and O–H groups in total. The Morgan fingerprint density at radius 2 is 2.14 bits per heavy atom. The Morgan fingerprint density at radius 3 is 2.91 bits per heavy atom. The van der Waals surface area contributed by atoms with Crippen LogP contribution in [0, 0.1) is 0 Å². The van der Waals surface area contributed by atoms with Crippen LogP contribution in [0.5, 0.6) is 0 Å². The monoisotopic (exact) mass is 317 g/mol. The highest BCUT2D eigenvalue weighted by Gasteiger charge is 2.12. The number of benzene rings is 1. The third-order valence-corrected chi connectivity index (χ3v) is 3.30. The lowest BCUT2D eigenvalue weighted by Crippen LogP contribution is -2.27. The van der Waals surface area contributed by atoms with Gasteiger partial charge in [0.25, 0.3) is 0 Å². The summed E-state index contributed by atoms with van der Waals surface area (Å²) in [6.07, 6.45) is 1.37. The summed E-state index contributed by atoms with van der Waals surface area (Å²) < 4.78 is 1.62. The van der Waals surface area contributed by atoms with Gasteiger partial charge >= 0.3 is 0 Å². The summed E-state index contributed by atoms with van der Waals surface area (Å²) in [5.74, 6) is 0.140. The Kier molecular flexibility index (Phi) is 3.84. The van der Waals surface area contributed by atoms with Crippen molar-refractivity contribution in [3.05, 3.63) is 41.2 Å². The van der Waals surface area contributed by atoms with Crippen LogP contribution in [-0.4, -0.2) is 30.9 Å². The van der Waals surface area contributed by atoms with Gasteiger partial charge in [0.15, 0.2) is 17.0 Å². The van der Waals surface area contributed by atoms with Crippen molar-refractivity contribution in [1.82, 2.24) is 30.4 Å². The van der Waals surface area contributed by atoms with E-state index >= 15 is 0 Å². The predicted octanol–water partition coefficient (Wildman–Crippen LogP) is 1.39. The van der Waals surface area contributed by atoms with Crippen LogP contribution in [0.4, 0.5) is 5.82 Å². The smallest absolute Gasteiger partial charge is 0.235 e. The highest BCUT2D eigenvalue weighted by Crippen LogP contribution is 2.19. The van der Waals surface area contributed by atoms with Crippen LogP contribution in [0.1, 0.15) is 12.5 Å². The third kappa shape index (κ3) is 2.82. The lowest BCUT2D eigenvalue weighted by molar-refractivity contribution is -0.118. The van der Waals surface area contributed by atoms with E-state index in [0.717, 1.165) is 5.56 Å². The van der Waals surface area contributed by atoms with Crippen molar-refractivity contribution >= 4 is 34.5 Å². The molecule has 3 aromatic rings. The first kappa shape index (κ1) is 14.2. The van der Waals surface area contributed by atoms with Gasteiger partial charge in [-0.05, 0) is 11.6 Å². The highest BCUT2D eigenvalue weighted by molar-refractivity contribution is 6.31. The van der Waals surface area contributed by atoms with Gasteiger partial charge < -0.3 is 0 Å². The Morgan fingerprint density at radius 1 is 1.32 bits per heavy atom. The van der Waals surface area contributed by atoms with Gasteiger partial charge in [0.2, 0.25) is 5.91 Å². The molecular formula is C13H12ClN7O. The quantitative estimate of drug-likeness (QED) is 0.706. The molecule has 9 heteroatoms. The van der Waals surface area contributed by atoms with Crippen molar-refractivity contribution in [2.75, 3.05) is 5.43 Å². The van der Waals surface area contributed by atoms with E-state index in [0.29, 0.717) is 28.5 Å². The first-order valence-electron chi connectivity index (χ1n) is 6.45. The van der Waals surface area contributed by atoms with Crippen LogP contribution in [0.2, 0.25) is 5.02 Å². The average molecular weight is 318 g/mol. The van der Waals surface area contributed by atoms with Gasteiger partial charge in [-0.1, -0.05) is 35.0 Å². The Balaban J connectivity index is 1.94. The molecule has 0 aliphatic carbocycles. The molecule has 1 amide bonds. The fourth-order valence-electron chi connectivity index (χ4n) is 1.92. The maximum absolute atomic E-state index is 11.0. The first-order valence-corrected chi connectivity index (χ1v) is 6.83. The lowest BCUT2D eigenvalue weighted by Gasteiger charge is -2.06. The fraction of sp³-hybridized carbons (Fsp3) is 0.154. The summed E-state index contributed by atoms with van der Waals surface area (Å²) in [4.78, 5) is 19.2. The molecule has 2 aromatic heterocycles. The standard InChI is InChI=1S/C13H12ClN7O/c1-8(22)17-19-12-11-13(16-7-15-12)21(20-18-11)6-9-4-2-3-5-10(9)14/h2-5,7H,6H2,1H3,(H,17,22)(H,15,16,19). The van der Waals surface area contributed by atoms with E-state index in [1.807, 2.05) is 24.3 Å². The van der Waals surface area contributed by atoms with Crippen molar-refractivity contribution < 1.29 is 4.79 Å². The number of fused-ring (bicyclic) bond motifs is 1. The zero-order valence-corrected chi connectivity index (χ0v) is 12.4. The maximum Gasteiger partial charge on any atom is 0.235 e. The number of rotatable bonds is 4. The van der Waals surface area contributed by atoms with E-state index in [1.54, 1.807) is 4.68 Å². The molecule has 1 aromatic carbocycles. The topological polar surface area (TPSA) is 97.6 Å². The van der Waals surface area contributed by atoms with Gasteiger partial charge in [-0.3, -0.25) is 15.6 Å². The van der Waals surface area contributed by atoms with Crippen molar-refractivity contribution in [3.63, 3.8) is 0 Å². The van der Waals surface area contributed by atoms with Gasteiger partial charge in [-0.15, -0.1) is 5.10 Å². The van der Waals surface area contributed by atoms with Crippen molar-refractivity contribution in [3.8, 4) is 0 Å². The SMILES string of the molecule is CC(=O)NNc1ncnc2c1nnn2Cc1ccccc1Cl. The molecule has 0 aliphatic rings. The average Bonchev–Trinajstić information content (AvgIpc) is 2.91. The summed E-state index contributed by atoms with van der Waals surface area (Å²) in [6.45, 7) is 1.83. The van der Waals surface area contributed by atoms with Gasteiger partial charge in [0, 0.05) is 11.9 Å². The number of carbonyl (C=O) groups is 1. The Labute approximate surface area is 130 Å². The largest absolute Gasteiger partial charge is 0.280 e. The van der Waals surface area contributed by atoms with Gasteiger partial charge in [0.1, 0.15) is 6.33 Å². The van der Waals surface area contributed by atoms with Crippen LogP contribution in [0.25, 0.3) is 11.2 Å². The molecule has 0 aliphatic heterocycles. The Hall–Kier alpha value is -2.74. The van der Waals surface area contributed by atoms with E-state index in [1.165, 1.54) is 13.3 Å². The van der Waals surface area contributed by atoms with E-state index in [4.69, 9.17) is 11.6 Å². The maximum atomic E-state index is 11.0. The number of amides is 1. The summed E-state index contributed by atoms with van der Waals surface area (Å²) in [5, 5.41) is 8.78. The van der Waals surface area contributed by atoms with Gasteiger partial charge in [-0.2, -0.15) is 0 Å². The van der Waals surface area contributed by atoms with Crippen LogP contribution >= 0.6 is 11.6 Å². The van der Waals surface area contributed by atoms with Crippen LogP contribution in [0.15, 0.2) is 30.6 Å². The minimum absolute atomic E-state index is 0.241. The first-order chi connectivity index (χ1) is 10.6. The molecule has 0 unspecified atom stereocenters. The molecule has 0 spiro atoms. The van der Waals surface area contributed by atoms with Crippen molar-refractivity contribution in [2.45, 2.75) is 13.5 Å². The number of hydrazine groups is 1. The lowest BCUT2D eigenvalue weighted by atomic mass is 10.2. The predicted molar refractivity (Wildman–Crippen MR) is 81.1 cm³/mol. The highest BCUT2D eigenvalue weighted by atomic mass is 35.5. The van der Waals surface area contributed by atoms with E-state index in [2.05, 4.69) is 31.1 Å². The van der Waals surface area contributed by atoms with Gasteiger partial charge in [-0.25, -0.2) is 14.6 Å². The number of nitrogens with zero attached hydrogens (tertiary/aromatic N) is 5. The van der Waals surface area contributed by atoms with Crippen molar-refractivity contribution in [2.24, 2.45) is 0 Å².